The zero-order chi connectivity index (χ0) is 12.1. The summed E-state index contributed by atoms with van der Waals surface area (Å²) in [7, 11) is 0. The van der Waals surface area contributed by atoms with Gasteiger partial charge in [0.25, 0.3) is 5.56 Å². The normalized spacial score (nSPS) is 12.2. The molecule has 1 rings (SSSR count). The molecule has 4 nitrogen and oxygen atoms in total. The molecule has 0 fully saturated rings. The van der Waals surface area contributed by atoms with Crippen molar-refractivity contribution < 1.29 is 9.53 Å². The van der Waals surface area contributed by atoms with Crippen molar-refractivity contribution in [1.29, 1.82) is 0 Å². The first-order chi connectivity index (χ1) is 7.60. The van der Waals surface area contributed by atoms with Gasteiger partial charge in [-0.3, -0.25) is 4.79 Å². The summed E-state index contributed by atoms with van der Waals surface area (Å²) in [5.74, 6) is -0.349. The summed E-state index contributed by atoms with van der Waals surface area (Å²) < 4.78 is 6.38. The Morgan fingerprint density at radius 2 is 2.12 bits per heavy atom. The first-order valence-electron chi connectivity index (χ1n) is 5.45. The van der Waals surface area contributed by atoms with Crippen LogP contribution in [-0.2, 0) is 9.53 Å². The Hall–Kier alpha value is -1.58. The van der Waals surface area contributed by atoms with Crippen LogP contribution in [0.5, 0.6) is 0 Å². The molecule has 1 aromatic heterocycles. The second-order valence-electron chi connectivity index (χ2n) is 3.63. The summed E-state index contributed by atoms with van der Waals surface area (Å²) in [5, 5.41) is 0. The number of aryl methyl sites for hydroxylation is 1. The highest BCUT2D eigenvalue weighted by Gasteiger charge is 2.20. The van der Waals surface area contributed by atoms with E-state index in [1.54, 1.807) is 19.2 Å². The molecule has 0 bridgehead atoms. The largest absolute Gasteiger partial charge is 0.464 e. The molecule has 0 aliphatic heterocycles. The fourth-order valence-electron chi connectivity index (χ4n) is 1.57. The van der Waals surface area contributed by atoms with Gasteiger partial charge in [-0.25, -0.2) is 4.79 Å². The van der Waals surface area contributed by atoms with E-state index < -0.39 is 6.04 Å². The Kier molecular flexibility index (Phi) is 4.28. The summed E-state index contributed by atoms with van der Waals surface area (Å²) in [6.45, 7) is 5.82. The number of pyridine rings is 1. The topological polar surface area (TPSA) is 48.3 Å². The maximum atomic E-state index is 11.7. The van der Waals surface area contributed by atoms with Gasteiger partial charge >= 0.3 is 5.97 Å². The number of hydrogen-bond donors (Lipinski definition) is 0. The summed E-state index contributed by atoms with van der Waals surface area (Å²) in [6.07, 6.45) is 2.23. The van der Waals surface area contributed by atoms with Crippen LogP contribution in [0.4, 0.5) is 0 Å². The number of aromatic nitrogens is 1. The van der Waals surface area contributed by atoms with E-state index in [-0.39, 0.29) is 11.5 Å². The van der Waals surface area contributed by atoms with Gasteiger partial charge in [-0.15, -0.1) is 0 Å². The van der Waals surface area contributed by atoms with Crippen LogP contribution >= 0.6 is 0 Å². The second-order valence-corrected chi connectivity index (χ2v) is 3.63. The Bertz CT molecular complexity index is 423. The minimum absolute atomic E-state index is 0.175. The van der Waals surface area contributed by atoms with Crippen molar-refractivity contribution in [3.63, 3.8) is 0 Å². The molecule has 0 amide bonds. The monoisotopic (exact) mass is 223 g/mol. The molecule has 0 radical (unpaired) electrons. The highest BCUT2D eigenvalue weighted by molar-refractivity contribution is 5.74. The van der Waals surface area contributed by atoms with Gasteiger partial charge < -0.3 is 9.30 Å². The van der Waals surface area contributed by atoms with E-state index >= 15 is 0 Å². The summed E-state index contributed by atoms with van der Waals surface area (Å²) in [6, 6.07) is 2.68. The molecular formula is C12H17NO3. The number of carbonyl (C=O) groups is 1. The molecule has 16 heavy (non-hydrogen) atoms. The Labute approximate surface area is 94.9 Å². The van der Waals surface area contributed by atoms with Crippen LogP contribution in [0.15, 0.2) is 23.1 Å². The minimum Gasteiger partial charge on any atom is -0.464 e. The van der Waals surface area contributed by atoms with Gasteiger partial charge in [-0.1, -0.05) is 13.0 Å². The van der Waals surface area contributed by atoms with Crippen LogP contribution in [-0.4, -0.2) is 17.1 Å². The maximum absolute atomic E-state index is 11.7. The lowest BCUT2D eigenvalue weighted by molar-refractivity contribution is -0.147. The predicted octanol–water partition coefficient (Wildman–Crippen LogP) is 1.67. The van der Waals surface area contributed by atoms with E-state index in [1.165, 1.54) is 10.6 Å². The van der Waals surface area contributed by atoms with Gasteiger partial charge in [-0.2, -0.15) is 0 Å². The highest BCUT2D eigenvalue weighted by atomic mass is 16.5. The van der Waals surface area contributed by atoms with Gasteiger partial charge in [-0.05, 0) is 25.8 Å². The van der Waals surface area contributed by atoms with E-state index in [0.29, 0.717) is 13.0 Å². The quantitative estimate of drug-likeness (QED) is 0.729. The van der Waals surface area contributed by atoms with Crippen molar-refractivity contribution >= 4 is 5.97 Å². The zero-order valence-corrected chi connectivity index (χ0v) is 9.90. The summed E-state index contributed by atoms with van der Waals surface area (Å²) in [4.78, 5) is 23.3. The molecular weight excluding hydrogens is 206 g/mol. The third-order valence-electron chi connectivity index (χ3n) is 2.37. The van der Waals surface area contributed by atoms with E-state index in [2.05, 4.69) is 0 Å². The third-order valence-corrected chi connectivity index (χ3v) is 2.37. The van der Waals surface area contributed by atoms with Crippen LogP contribution < -0.4 is 5.56 Å². The molecule has 0 saturated carbocycles. The molecule has 0 saturated heterocycles. The van der Waals surface area contributed by atoms with Crippen LogP contribution in [0.2, 0.25) is 0 Å². The Morgan fingerprint density at radius 3 is 2.69 bits per heavy atom. The fraction of sp³-hybridized carbons (Fsp3) is 0.500. The summed E-state index contributed by atoms with van der Waals surface area (Å²) in [5.41, 5.74) is 0.771. The summed E-state index contributed by atoms with van der Waals surface area (Å²) >= 11 is 0. The van der Waals surface area contributed by atoms with E-state index in [9.17, 15) is 9.59 Å². The van der Waals surface area contributed by atoms with Crippen molar-refractivity contribution in [2.24, 2.45) is 0 Å². The van der Waals surface area contributed by atoms with Crippen LogP contribution in [0.1, 0.15) is 31.9 Å². The van der Waals surface area contributed by atoms with E-state index in [0.717, 1.165) is 5.56 Å². The molecule has 0 aliphatic carbocycles. The van der Waals surface area contributed by atoms with Gasteiger partial charge in [0, 0.05) is 12.3 Å². The number of rotatable bonds is 4. The predicted molar refractivity (Wildman–Crippen MR) is 61.4 cm³/mol. The van der Waals surface area contributed by atoms with Gasteiger partial charge in [0.1, 0.15) is 6.04 Å². The molecule has 88 valence electrons. The lowest BCUT2D eigenvalue weighted by Gasteiger charge is -2.16. The van der Waals surface area contributed by atoms with Crippen molar-refractivity contribution in [1.82, 2.24) is 4.57 Å². The molecule has 1 atom stereocenters. The van der Waals surface area contributed by atoms with Gasteiger partial charge in [0.05, 0.1) is 6.61 Å². The van der Waals surface area contributed by atoms with E-state index in [1.807, 2.05) is 13.8 Å². The van der Waals surface area contributed by atoms with Crippen LogP contribution in [0.3, 0.4) is 0 Å². The van der Waals surface area contributed by atoms with Crippen molar-refractivity contribution in [3.05, 3.63) is 34.2 Å². The average molecular weight is 223 g/mol. The third kappa shape index (κ3) is 2.72. The number of ether oxygens (including phenoxy) is 1. The zero-order valence-electron chi connectivity index (χ0n) is 9.90. The Balaban J connectivity index is 3.08. The lowest BCUT2D eigenvalue weighted by atomic mass is 10.2. The SMILES string of the molecule is CCOC(=O)C(CC)n1cc(C)ccc1=O. The molecule has 0 aliphatic rings. The lowest BCUT2D eigenvalue weighted by Crippen LogP contribution is -2.30. The molecule has 0 N–H and O–H groups in total. The van der Waals surface area contributed by atoms with Gasteiger partial charge in [0.15, 0.2) is 0 Å². The van der Waals surface area contributed by atoms with Crippen molar-refractivity contribution in [3.8, 4) is 0 Å². The molecule has 4 heteroatoms. The van der Waals surface area contributed by atoms with Gasteiger partial charge in [0.2, 0.25) is 0 Å². The maximum Gasteiger partial charge on any atom is 0.329 e. The average Bonchev–Trinajstić information content (AvgIpc) is 2.24. The minimum atomic E-state index is -0.521. The smallest absolute Gasteiger partial charge is 0.329 e. The molecule has 0 aromatic carbocycles. The Morgan fingerprint density at radius 1 is 1.44 bits per heavy atom. The molecule has 1 heterocycles. The first-order valence-corrected chi connectivity index (χ1v) is 5.45. The van der Waals surface area contributed by atoms with E-state index in [4.69, 9.17) is 4.74 Å². The number of nitrogens with zero attached hydrogens (tertiary/aromatic N) is 1. The number of hydrogen-bond acceptors (Lipinski definition) is 3. The fourth-order valence-corrected chi connectivity index (χ4v) is 1.57. The standard InChI is InChI=1S/C12H17NO3/c1-4-10(12(15)16-5-2)13-8-9(3)6-7-11(13)14/h6-8,10H,4-5H2,1-3H3. The molecule has 1 unspecified atom stereocenters. The second kappa shape index (κ2) is 5.49. The van der Waals surface area contributed by atoms with Crippen LogP contribution in [0, 0.1) is 6.92 Å². The number of carbonyl (C=O) groups excluding carboxylic acids is 1. The highest BCUT2D eigenvalue weighted by Crippen LogP contribution is 2.11. The van der Waals surface area contributed by atoms with Crippen molar-refractivity contribution in [2.45, 2.75) is 33.2 Å². The molecule has 1 aromatic rings. The van der Waals surface area contributed by atoms with Crippen LogP contribution in [0.25, 0.3) is 0 Å². The number of esters is 1. The first kappa shape index (κ1) is 12.5. The molecule has 0 spiro atoms. The van der Waals surface area contributed by atoms with Crippen molar-refractivity contribution in [2.75, 3.05) is 6.61 Å².